The molecule has 1 saturated carbocycles. The highest BCUT2D eigenvalue weighted by atomic mass is 16.5. The number of ether oxygens (including phenoxy) is 1. The molecule has 1 aliphatic carbocycles. The predicted molar refractivity (Wildman–Crippen MR) is 98.5 cm³/mol. The van der Waals surface area contributed by atoms with E-state index in [0.29, 0.717) is 18.6 Å². The van der Waals surface area contributed by atoms with E-state index in [1.807, 2.05) is 24.3 Å². The number of carbonyl (C=O) groups is 1. The highest BCUT2D eigenvalue weighted by Gasteiger charge is 2.36. The summed E-state index contributed by atoms with van der Waals surface area (Å²) in [6.45, 7) is -0.127. The van der Waals surface area contributed by atoms with Gasteiger partial charge in [0.15, 0.2) is 6.61 Å². The fourth-order valence-corrected chi connectivity index (χ4v) is 3.25. The number of nitrogens with one attached hydrogen (secondary N) is 1. The number of hydrogen-bond acceptors (Lipinski definition) is 7. The molecule has 144 valence electrons. The maximum atomic E-state index is 12.5. The van der Waals surface area contributed by atoms with Gasteiger partial charge in [-0.05, 0) is 53.5 Å². The van der Waals surface area contributed by atoms with Crippen LogP contribution in [0.2, 0.25) is 0 Å². The lowest BCUT2D eigenvalue weighted by Gasteiger charge is -2.37. The summed E-state index contributed by atoms with van der Waals surface area (Å²) in [6.07, 6.45) is 4.17. The minimum Gasteiger partial charge on any atom is -0.484 e. The number of amides is 1. The number of aromatic nitrogens is 5. The average Bonchev–Trinajstić information content (AvgIpc) is 3.24. The average molecular weight is 380 g/mol. The molecule has 0 radical (unpaired) electrons. The van der Waals surface area contributed by atoms with Crippen LogP contribution in [0, 0.1) is 5.92 Å². The second-order valence-corrected chi connectivity index (χ2v) is 6.73. The van der Waals surface area contributed by atoms with Gasteiger partial charge in [0.25, 0.3) is 5.91 Å². The Kier molecular flexibility index (Phi) is 5.24. The quantitative estimate of drug-likeness (QED) is 0.630. The standard InChI is InChI=1S/C19H20N6O3/c26-15-8-13(9-15)19(17-6-1-2-7-20-17)22-18(27)11-28-16-5-3-4-14(10-16)25-12-21-23-24-25/h1-7,10,12-13,15,19,26H,8-9,11H2,(H,22,27)/t13?,15?,19-/m0/s1. The molecule has 1 atom stereocenters. The number of aliphatic hydroxyl groups is 1. The van der Waals surface area contributed by atoms with E-state index >= 15 is 0 Å². The van der Waals surface area contributed by atoms with Gasteiger partial charge in [-0.1, -0.05) is 12.1 Å². The number of carbonyl (C=O) groups excluding carboxylic acids is 1. The molecule has 4 rings (SSSR count). The van der Waals surface area contributed by atoms with Crippen LogP contribution in [0.3, 0.4) is 0 Å². The number of aliphatic hydroxyl groups excluding tert-OH is 1. The van der Waals surface area contributed by atoms with Crippen LogP contribution >= 0.6 is 0 Å². The Labute approximate surface area is 161 Å². The van der Waals surface area contributed by atoms with Crippen LogP contribution in [0.5, 0.6) is 5.75 Å². The maximum Gasteiger partial charge on any atom is 0.258 e. The third kappa shape index (κ3) is 4.15. The molecule has 1 aliphatic rings. The lowest BCUT2D eigenvalue weighted by atomic mass is 9.76. The van der Waals surface area contributed by atoms with Crippen LogP contribution in [-0.2, 0) is 4.79 Å². The third-order valence-corrected chi connectivity index (χ3v) is 4.75. The van der Waals surface area contributed by atoms with Crippen molar-refractivity contribution >= 4 is 5.91 Å². The fraction of sp³-hybridized carbons (Fsp3) is 0.316. The molecule has 2 heterocycles. The van der Waals surface area contributed by atoms with Crippen molar-refractivity contribution in [3.8, 4) is 11.4 Å². The van der Waals surface area contributed by atoms with Crippen LogP contribution in [0.25, 0.3) is 5.69 Å². The van der Waals surface area contributed by atoms with Gasteiger partial charge in [-0.3, -0.25) is 9.78 Å². The molecule has 1 fully saturated rings. The summed E-state index contributed by atoms with van der Waals surface area (Å²) in [6, 6.07) is 12.5. The minimum atomic E-state index is -0.307. The molecule has 0 aliphatic heterocycles. The minimum absolute atomic E-state index is 0.127. The smallest absolute Gasteiger partial charge is 0.258 e. The van der Waals surface area contributed by atoms with Crippen molar-refractivity contribution in [3.05, 3.63) is 60.7 Å². The monoisotopic (exact) mass is 380 g/mol. The molecule has 2 N–H and O–H groups in total. The second kappa shape index (κ2) is 8.13. The molecule has 9 heteroatoms. The van der Waals surface area contributed by atoms with Crippen LogP contribution in [0.1, 0.15) is 24.6 Å². The Morgan fingerprint density at radius 3 is 2.89 bits per heavy atom. The summed E-state index contributed by atoms with van der Waals surface area (Å²) in [5.41, 5.74) is 1.52. The first kappa shape index (κ1) is 18.1. The molecular weight excluding hydrogens is 360 g/mol. The summed E-state index contributed by atoms with van der Waals surface area (Å²) < 4.78 is 7.14. The van der Waals surface area contributed by atoms with Crippen molar-refractivity contribution in [1.82, 2.24) is 30.5 Å². The second-order valence-electron chi connectivity index (χ2n) is 6.73. The highest BCUT2D eigenvalue weighted by molar-refractivity contribution is 5.78. The molecule has 0 saturated heterocycles. The summed E-state index contributed by atoms with van der Waals surface area (Å²) >= 11 is 0. The van der Waals surface area contributed by atoms with Gasteiger partial charge in [0, 0.05) is 12.3 Å². The van der Waals surface area contributed by atoms with Crippen molar-refractivity contribution in [2.24, 2.45) is 5.92 Å². The molecule has 0 bridgehead atoms. The van der Waals surface area contributed by atoms with Gasteiger partial charge in [0.2, 0.25) is 0 Å². The molecule has 28 heavy (non-hydrogen) atoms. The summed E-state index contributed by atoms with van der Waals surface area (Å²) in [4.78, 5) is 16.8. The Bertz CT molecular complexity index is 912. The SMILES string of the molecule is O=C(COc1cccc(-n2cnnn2)c1)N[C@H](c1ccccn1)C1CC(O)C1. The van der Waals surface area contributed by atoms with Crippen molar-refractivity contribution in [1.29, 1.82) is 0 Å². The summed E-state index contributed by atoms with van der Waals surface area (Å²) in [7, 11) is 0. The lowest BCUT2D eigenvalue weighted by Crippen LogP contribution is -2.43. The van der Waals surface area contributed by atoms with Gasteiger partial charge in [0.05, 0.1) is 23.5 Å². The van der Waals surface area contributed by atoms with Gasteiger partial charge in [-0.15, -0.1) is 5.10 Å². The van der Waals surface area contributed by atoms with Gasteiger partial charge >= 0.3 is 0 Å². The van der Waals surface area contributed by atoms with E-state index in [1.54, 1.807) is 24.4 Å². The van der Waals surface area contributed by atoms with E-state index in [-0.39, 0.29) is 30.6 Å². The number of pyridine rings is 1. The lowest BCUT2D eigenvalue weighted by molar-refractivity contribution is -0.125. The van der Waals surface area contributed by atoms with E-state index in [0.717, 1.165) is 11.4 Å². The van der Waals surface area contributed by atoms with E-state index in [2.05, 4.69) is 25.8 Å². The van der Waals surface area contributed by atoms with Gasteiger partial charge < -0.3 is 15.2 Å². The first-order valence-corrected chi connectivity index (χ1v) is 9.03. The van der Waals surface area contributed by atoms with Crippen LogP contribution in [0.4, 0.5) is 0 Å². The number of rotatable bonds is 7. The molecule has 0 unspecified atom stereocenters. The van der Waals surface area contributed by atoms with Crippen molar-refractivity contribution in [2.75, 3.05) is 6.61 Å². The third-order valence-electron chi connectivity index (χ3n) is 4.75. The number of benzene rings is 1. The predicted octanol–water partition coefficient (Wildman–Crippen LogP) is 1.06. The molecule has 9 nitrogen and oxygen atoms in total. The largest absolute Gasteiger partial charge is 0.484 e. The van der Waals surface area contributed by atoms with Gasteiger partial charge in [-0.2, -0.15) is 0 Å². The van der Waals surface area contributed by atoms with E-state index < -0.39 is 0 Å². The topological polar surface area (TPSA) is 115 Å². The van der Waals surface area contributed by atoms with Crippen molar-refractivity contribution in [3.63, 3.8) is 0 Å². The first-order valence-electron chi connectivity index (χ1n) is 9.03. The van der Waals surface area contributed by atoms with Crippen LogP contribution in [0.15, 0.2) is 55.0 Å². The zero-order valence-corrected chi connectivity index (χ0v) is 15.0. The van der Waals surface area contributed by atoms with Gasteiger partial charge in [0.1, 0.15) is 12.1 Å². The Hall–Kier alpha value is -3.33. The van der Waals surface area contributed by atoms with E-state index in [9.17, 15) is 9.90 Å². The molecule has 2 aromatic heterocycles. The molecule has 1 aromatic carbocycles. The Morgan fingerprint density at radius 2 is 2.18 bits per heavy atom. The van der Waals surface area contributed by atoms with Crippen molar-refractivity contribution in [2.45, 2.75) is 25.0 Å². The first-order chi connectivity index (χ1) is 13.7. The summed E-state index contributed by atoms with van der Waals surface area (Å²) in [5, 5.41) is 23.7. The van der Waals surface area contributed by atoms with Crippen LogP contribution < -0.4 is 10.1 Å². The zero-order chi connectivity index (χ0) is 19.3. The van der Waals surface area contributed by atoms with E-state index in [4.69, 9.17) is 4.74 Å². The van der Waals surface area contributed by atoms with E-state index in [1.165, 1.54) is 11.0 Å². The number of hydrogen-bond donors (Lipinski definition) is 2. The molecular formula is C19H20N6O3. The molecule has 3 aromatic rings. The molecule has 1 amide bonds. The highest BCUT2D eigenvalue weighted by Crippen LogP contribution is 2.37. The Balaban J connectivity index is 1.38. The number of nitrogens with zero attached hydrogens (tertiary/aromatic N) is 5. The zero-order valence-electron chi connectivity index (χ0n) is 15.0. The number of tetrazole rings is 1. The maximum absolute atomic E-state index is 12.5. The fourth-order valence-electron chi connectivity index (χ4n) is 3.25. The molecule has 0 spiro atoms. The Morgan fingerprint density at radius 1 is 1.29 bits per heavy atom. The van der Waals surface area contributed by atoms with Crippen molar-refractivity contribution < 1.29 is 14.6 Å². The summed E-state index contributed by atoms with van der Waals surface area (Å²) in [5.74, 6) is 0.457. The van der Waals surface area contributed by atoms with Gasteiger partial charge in [-0.25, -0.2) is 4.68 Å². The van der Waals surface area contributed by atoms with Crippen LogP contribution in [-0.4, -0.2) is 48.9 Å². The normalized spacial score (nSPS) is 19.5.